The van der Waals surface area contributed by atoms with E-state index in [4.69, 9.17) is 16.3 Å². The van der Waals surface area contributed by atoms with Gasteiger partial charge in [-0.05, 0) is 54.8 Å². The van der Waals surface area contributed by atoms with Crippen LogP contribution in [0.25, 0.3) is 0 Å². The van der Waals surface area contributed by atoms with Crippen molar-refractivity contribution in [1.29, 1.82) is 0 Å². The Labute approximate surface area is 116 Å². The molecule has 2 rings (SSSR count). The van der Waals surface area contributed by atoms with Crippen LogP contribution in [0.3, 0.4) is 0 Å². The molecule has 1 aromatic carbocycles. The number of hydrogen-bond donors (Lipinski definition) is 1. The Bertz CT molecular complexity index is 563. The van der Waals surface area contributed by atoms with E-state index in [-0.39, 0.29) is 0 Å². The Hall–Kier alpha value is -1.03. The minimum absolute atomic E-state index is 0.632. The molecule has 1 unspecified atom stereocenters. The molecule has 0 spiro atoms. The van der Waals surface area contributed by atoms with E-state index in [1.54, 1.807) is 13.2 Å². The average Bonchev–Trinajstić information content (AvgIpc) is 2.77. The number of benzene rings is 1. The number of halogens is 1. The highest BCUT2D eigenvalue weighted by Crippen LogP contribution is 2.34. The summed E-state index contributed by atoms with van der Waals surface area (Å²) in [4.78, 5) is 0.854. The van der Waals surface area contributed by atoms with E-state index in [0.717, 1.165) is 27.3 Å². The van der Waals surface area contributed by atoms with Crippen molar-refractivity contribution in [3.05, 3.63) is 50.2 Å². The standard InChI is InChI=1S/C14H15ClO2S/c1-8-7-11(17-3)9(2)6-10(8)14(16)12-4-5-13(15)18-12/h4-7,14,16H,1-3H3. The molecule has 0 saturated carbocycles. The van der Waals surface area contributed by atoms with Crippen molar-refractivity contribution in [2.75, 3.05) is 7.11 Å². The normalized spacial score (nSPS) is 12.5. The fourth-order valence-electron chi connectivity index (χ4n) is 1.96. The molecule has 18 heavy (non-hydrogen) atoms. The largest absolute Gasteiger partial charge is 0.496 e. The topological polar surface area (TPSA) is 29.5 Å². The molecular weight excluding hydrogens is 268 g/mol. The van der Waals surface area contributed by atoms with Crippen molar-refractivity contribution in [1.82, 2.24) is 0 Å². The van der Waals surface area contributed by atoms with E-state index in [1.165, 1.54) is 11.3 Å². The molecule has 2 nitrogen and oxygen atoms in total. The molecule has 4 heteroatoms. The van der Waals surface area contributed by atoms with E-state index in [9.17, 15) is 5.11 Å². The lowest BCUT2D eigenvalue weighted by Gasteiger charge is -2.15. The van der Waals surface area contributed by atoms with Crippen LogP contribution in [0.5, 0.6) is 5.75 Å². The zero-order chi connectivity index (χ0) is 13.3. The number of thiophene rings is 1. The summed E-state index contributed by atoms with van der Waals surface area (Å²) in [5.74, 6) is 0.840. The molecule has 0 fully saturated rings. The maximum atomic E-state index is 10.4. The van der Waals surface area contributed by atoms with Gasteiger partial charge in [-0.3, -0.25) is 0 Å². The van der Waals surface area contributed by atoms with Gasteiger partial charge in [0.25, 0.3) is 0 Å². The first-order valence-corrected chi connectivity index (χ1v) is 6.80. The molecule has 0 aliphatic rings. The lowest BCUT2D eigenvalue weighted by molar-refractivity contribution is 0.223. The van der Waals surface area contributed by atoms with Gasteiger partial charge in [-0.25, -0.2) is 0 Å². The molecular formula is C14H15ClO2S. The van der Waals surface area contributed by atoms with Crippen molar-refractivity contribution < 1.29 is 9.84 Å². The molecule has 1 atom stereocenters. The number of aliphatic hydroxyl groups excluding tert-OH is 1. The number of aliphatic hydroxyl groups is 1. The first kappa shape index (κ1) is 13.4. The maximum absolute atomic E-state index is 10.4. The van der Waals surface area contributed by atoms with Crippen LogP contribution in [-0.4, -0.2) is 12.2 Å². The van der Waals surface area contributed by atoms with Crippen LogP contribution < -0.4 is 4.74 Å². The molecule has 0 radical (unpaired) electrons. The first-order valence-electron chi connectivity index (χ1n) is 5.61. The van der Waals surface area contributed by atoms with Gasteiger partial charge < -0.3 is 9.84 Å². The highest BCUT2D eigenvalue weighted by molar-refractivity contribution is 7.16. The van der Waals surface area contributed by atoms with Gasteiger partial charge in [-0.1, -0.05) is 11.6 Å². The summed E-state index contributed by atoms with van der Waals surface area (Å²) in [5, 5.41) is 10.4. The molecule has 1 N–H and O–H groups in total. The zero-order valence-corrected chi connectivity index (χ0v) is 12.1. The summed E-state index contributed by atoms with van der Waals surface area (Å²) >= 11 is 7.30. The predicted molar refractivity (Wildman–Crippen MR) is 75.9 cm³/mol. The monoisotopic (exact) mass is 282 g/mol. The van der Waals surface area contributed by atoms with E-state index in [2.05, 4.69) is 0 Å². The van der Waals surface area contributed by atoms with Gasteiger partial charge in [-0.15, -0.1) is 11.3 Å². The fraction of sp³-hybridized carbons (Fsp3) is 0.286. The highest BCUT2D eigenvalue weighted by atomic mass is 35.5. The van der Waals surface area contributed by atoms with Gasteiger partial charge >= 0.3 is 0 Å². The average molecular weight is 283 g/mol. The Morgan fingerprint density at radius 3 is 2.50 bits per heavy atom. The second kappa shape index (κ2) is 5.31. The minimum Gasteiger partial charge on any atom is -0.496 e. The molecule has 0 amide bonds. The molecule has 0 aliphatic carbocycles. The van der Waals surface area contributed by atoms with Crippen LogP contribution in [0.4, 0.5) is 0 Å². The fourth-order valence-corrected chi connectivity index (χ4v) is 3.02. The molecule has 1 heterocycles. The quantitative estimate of drug-likeness (QED) is 0.918. The molecule has 2 aromatic rings. The third-order valence-corrected chi connectivity index (χ3v) is 4.23. The van der Waals surface area contributed by atoms with Crippen molar-refractivity contribution in [2.45, 2.75) is 20.0 Å². The number of hydrogen-bond acceptors (Lipinski definition) is 3. The predicted octanol–water partition coefficient (Wildman–Crippen LogP) is 4.11. The molecule has 1 aromatic heterocycles. The number of methoxy groups -OCH3 is 1. The summed E-state index contributed by atoms with van der Waals surface area (Å²) in [5.41, 5.74) is 2.92. The van der Waals surface area contributed by atoms with Gasteiger partial charge in [0.1, 0.15) is 11.9 Å². The van der Waals surface area contributed by atoms with E-state index in [1.807, 2.05) is 32.0 Å². The second-order valence-corrected chi connectivity index (χ2v) is 5.97. The SMILES string of the molecule is COc1cc(C)c(C(O)c2ccc(Cl)s2)cc1C. The molecule has 0 aliphatic heterocycles. The van der Waals surface area contributed by atoms with Crippen LogP contribution in [0.15, 0.2) is 24.3 Å². The zero-order valence-electron chi connectivity index (χ0n) is 10.5. The Kier molecular flexibility index (Phi) is 3.95. The third kappa shape index (κ3) is 2.53. The number of ether oxygens (including phenoxy) is 1. The van der Waals surface area contributed by atoms with Crippen LogP contribution in [0, 0.1) is 13.8 Å². The van der Waals surface area contributed by atoms with Crippen LogP contribution >= 0.6 is 22.9 Å². The molecule has 0 bridgehead atoms. The second-order valence-electron chi connectivity index (χ2n) is 4.22. The summed E-state index contributed by atoms with van der Waals surface area (Å²) in [6, 6.07) is 7.57. The maximum Gasteiger partial charge on any atom is 0.122 e. The van der Waals surface area contributed by atoms with Crippen LogP contribution in [0.2, 0.25) is 4.34 Å². The van der Waals surface area contributed by atoms with Gasteiger partial charge in [0.2, 0.25) is 0 Å². The van der Waals surface area contributed by atoms with Gasteiger partial charge in [0.05, 0.1) is 11.4 Å². The summed E-state index contributed by atoms with van der Waals surface area (Å²) in [7, 11) is 1.65. The Morgan fingerprint density at radius 1 is 1.22 bits per heavy atom. The van der Waals surface area contributed by atoms with Gasteiger partial charge in [0.15, 0.2) is 0 Å². The van der Waals surface area contributed by atoms with Crippen molar-refractivity contribution in [3.63, 3.8) is 0 Å². The van der Waals surface area contributed by atoms with Crippen molar-refractivity contribution in [3.8, 4) is 5.75 Å². The lowest BCUT2D eigenvalue weighted by Crippen LogP contribution is -2.01. The molecule has 96 valence electrons. The summed E-state index contributed by atoms with van der Waals surface area (Å²) in [6.07, 6.45) is -0.632. The number of aryl methyl sites for hydroxylation is 2. The minimum atomic E-state index is -0.632. The first-order chi connectivity index (χ1) is 8.52. The van der Waals surface area contributed by atoms with Crippen LogP contribution in [-0.2, 0) is 0 Å². The molecule has 0 saturated heterocycles. The van der Waals surface area contributed by atoms with E-state index >= 15 is 0 Å². The van der Waals surface area contributed by atoms with Gasteiger partial charge in [0, 0.05) is 4.88 Å². The summed E-state index contributed by atoms with van der Waals surface area (Å²) in [6.45, 7) is 3.94. The smallest absolute Gasteiger partial charge is 0.122 e. The van der Waals surface area contributed by atoms with E-state index in [0.29, 0.717) is 4.34 Å². The van der Waals surface area contributed by atoms with Crippen LogP contribution in [0.1, 0.15) is 27.7 Å². The number of rotatable bonds is 3. The Balaban J connectivity index is 2.42. The third-order valence-electron chi connectivity index (χ3n) is 2.94. The van der Waals surface area contributed by atoms with E-state index < -0.39 is 6.10 Å². The van der Waals surface area contributed by atoms with Gasteiger partial charge in [-0.2, -0.15) is 0 Å². The van der Waals surface area contributed by atoms with Crippen molar-refractivity contribution in [2.24, 2.45) is 0 Å². The highest BCUT2D eigenvalue weighted by Gasteiger charge is 2.16. The summed E-state index contributed by atoms with van der Waals surface area (Å²) < 4.78 is 5.96. The lowest BCUT2D eigenvalue weighted by atomic mass is 9.99. The van der Waals surface area contributed by atoms with Crippen molar-refractivity contribution >= 4 is 22.9 Å². The Morgan fingerprint density at radius 2 is 1.94 bits per heavy atom.